The van der Waals surface area contributed by atoms with E-state index in [2.05, 4.69) is 19.0 Å². The van der Waals surface area contributed by atoms with Gasteiger partial charge in [-0.25, -0.2) is 0 Å². The normalized spacial score (nSPS) is 11.1. The third kappa shape index (κ3) is 2.44. The minimum absolute atomic E-state index is 0.452. The van der Waals surface area contributed by atoms with Crippen molar-refractivity contribution in [2.75, 3.05) is 5.73 Å². The Bertz CT molecular complexity index is 520. The maximum Gasteiger partial charge on any atom is 0.173 e. The lowest BCUT2D eigenvalue weighted by Gasteiger charge is -2.06. The second-order valence-electron chi connectivity index (χ2n) is 4.45. The molecule has 2 N–H and O–H groups in total. The van der Waals surface area contributed by atoms with Gasteiger partial charge in [-0.15, -0.1) is 0 Å². The molecule has 0 saturated carbocycles. The summed E-state index contributed by atoms with van der Waals surface area (Å²) >= 11 is 6.15. The fraction of sp³-hybridized carbons (Fsp3) is 0.308. The van der Waals surface area contributed by atoms with E-state index < -0.39 is 0 Å². The predicted octanol–water partition coefficient (Wildman–Crippen LogP) is 3.78. The lowest BCUT2D eigenvalue weighted by Crippen LogP contribution is -1.99. The molecule has 0 unspecified atom stereocenters. The van der Waals surface area contributed by atoms with Crippen LogP contribution in [0.5, 0.6) is 0 Å². The van der Waals surface area contributed by atoms with Crippen LogP contribution in [0.2, 0.25) is 5.02 Å². The summed E-state index contributed by atoms with van der Waals surface area (Å²) in [7, 11) is 0. The number of rotatable bonds is 3. The van der Waals surface area contributed by atoms with Crippen molar-refractivity contribution in [2.24, 2.45) is 5.92 Å². The molecule has 0 bridgehead atoms. The maximum absolute atomic E-state index is 6.15. The Morgan fingerprint density at radius 3 is 2.71 bits per heavy atom. The first kappa shape index (κ1) is 12.0. The van der Waals surface area contributed by atoms with E-state index in [0.29, 0.717) is 22.5 Å². The van der Waals surface area contributed by atoms with Crippen LogP contribution in [0.1, 0.15) is 19.4 Å². The average molecular weight is 251 g/mol. The molecule has 1 heterocycles. The minimum Gasteiger partial charge on any atom is -0.381 e. The first-order valence-electron chi connectivity index (χ1n) is 5.58. The largest absolute Gasteiger partial charge is 0.381 e. The molecule has 0 radical (unpaired) electrons. The van der Waals surface area contributed by atoms with Crippen molar-refractivity contribution in [2.45, 2.75) is 20.3 Å². The minimum atomic E-state index is 0.452. The van der Waals surface area contributed by atoms with Gasteiger partial charge in [0.15, 0.2) is 11.6 Å². The van der Waals surface area contributed by atoms with Crippen LogP contribution in [0.25, 0.3) is 11.3 Å². The molecule has 1 aromatic heterocycles. The van der Waals surface area contributed by atoms with Crippen LogP contribution < -0.4 is 5.73 Å². The van der Waals surface area contributed by atoms with Gasteiger partial charge >= 0.3 is 0 Å². The molecule has 0 spiro atoms. The lowest BCUT2D eigenvalue weighted by atomic mass is 10.00. The summed E-state index contributed by atoms with van der Waals surface area (Å²) in [6, 6.07) is 7.54. The Morgan fingerprint density at radius 2 is 2.06 bits per heavy atom. The molecule has 2 rings (SSSR count). The molecule has 0 saturated heterocycles. The second kappa shape index (κ2) is 4.80. The predicted molar refractivity (Wildman–Crippen MR) is 69.9 cm³/mol. The zero-order chi connectivity index (χ0) is 12.4. The van der Waals surface area contributed by atoms with Crippen LogP contribution in [0.3, 0.4) is 0 Å². The highest BCUT2D eigenvalue weighted by Crippen LogP contribution is 2.34. The summed E-state index contributed by atoms with van der Waals surface area (Å²) in [5, 5.41) is 4.48. The van der Waals surface area contributed by atoms with E-state index >= 15 is 0 Å². The van der Waals surface area contributed by atoms with Crippen molar-refractivity contribution in [1.29, 1.82) is 0 Å². The lowest BCUT2D eigenvalue weighted by molar-refractivity contribution is 0.434. The summed E-state index contributed by atoms with van der Waals surface area (Å²) in [5.74, 6) is 1.62. The van der Waals surface area contributed by atoms with Crippen molar-refractivity contribution in [1.82, 2.24) is 5.16 Å². The molecule has 0 amide bonds. The molecule has 4 heteroatoms. The van der Waals surface area contributed by atoms with E-state index in [0.717, 1.165) is 17.5 Å². The maximum atomic E-state index is 6.15. The number of aromatic nitrogens is 1. The Hall–Kier alpha value is -1.48. The quantitative estimate of drug-likeness (QED) is 0.902. The number of benzene rings is 1. The molecule has 0 aliphatic rings. The summed E-state index contributed by atoms with van der Waals surface area (Å²) in [6.07, 6.45) is 0.829. The van der Waals surface area contributed by atoms with Gasteiger partial charge in [0, 0.05) is 11.1 Å². The third-order valence-electron chi connectivity index (χ3n) is 2.55. The van der Waals surface area contributed by atoms with Gasteiger partial charge in [0.05, 0.1) is 5.02 Å². The molecular weight excluding hydrogens is 236 g/mol. The van der Waals surface area contributed by atoms with E-state index in [1.165, 1.54) is 0 Å². The average Bonchev–Trinajstić information content (AvgIpc) is 2.61. The number of anilines is 1. The smallest absolute Gasteiger partial charge is 0.173 e. The van der Waals surface area contributed by atoms with Gasteiger partial charge in [0.1, 0.15) is 0 Å². The van der Waals surface area contributed by atoms with Crippen LogP contribution in [-0.4, -0.2) is 5.16 Å². The molecule has 90 valence electrons. The summed E-state index contributed by atoms with van der Waals surface area (Å²) in [4.78, 5) is 0. The van der Waals surface area contributed by atoms with E-state index in [4.69, 9.17) is 21.9 Å². The van der Waals surface area contributed by atoms with E-state index in [-0.39, 0.29) is 0 Å². The van der Waals surface area contributed by atoms with Gasteiger partial charge in [0.25, 0.3) is 0 Å². The molecular formula is C13H15ClN2O. The second-order valence-corrected chi connectivity index (χ2v) is 4.86. The van der Waals surface area contributed by atoms with Crippen LogP contribution in [0.4, 0.5) is 5.82 Å². The van der Waals surface area contributed by atoms with Crippen LogP contribution in [0, 0.1) is 5.92 Å². The SMILES string of the molecule is CC(C)Cc1c(N)noc1-c1ccccc1Cl. The number of nitrogens with two attached hydrogens (primary N) is 1. The highest BCUT2D eigenvalue weighted by molar-refractivity contribution is 6.33. The molecule has 1 aromatic carbocycles. The molecule has 17 heavy (non-hydrogen) atoms. The van der Waals surface area contributed by atoms with Gasteiger partial charge in [-0.1, -0.05) is 42.7 Å². The summed E-state index contributed by atoms with van der Waals surface area (Å²) in [6.45, 7) is 4.26. The van der Waals surface area contributed by atoms with E-state index in [1.54, 1.807) is 0 Å². The van der Waals surface area contributed by atoms with Gasteiger partial charge in [-0.05, 0) is 24.5 Å². The number of hydrogen-bond acceptors (Lipinski definition) is 3. The number of halogens is 1. The number of nitrogens with zero attached hydrogens (tertiary/aromatic N) is 1. The molecule has 0 atom stereocenters. The van der Waals surface area contributed by atoms with Crippen molar-refractivity contribution < 1.29 is 4.52 Å². The number of hydrogen-bond donors (Lipinski definition) is 1. The van der Waals surface area contributed by atoms with Crippen molar-refractivity contribution in [3.8, 4) is 11.3 Å². The summed E-state index contributed by atoms with van der Waals surface area (Å²) < 4.78 is 5.30. The Kier molecular flexibility index (Phi) is 3.38. The molecule has 0 aliphatic heterocycles. The zero-order valence-corrected chi connectivity index (χ0v) is 10.7. The first-order valence-corrected chi connectivity index (χ1v) is 5.96. The Balaban J connectivity index is 2.49. The third-order valence-corrected chi connectivity index (χ3v) is 2.88. The topological polar surface area (TPSA) is 52.0 Å². The Morgan fingerprint density at radius 1 is 1.35 bits per heavy atom. The van der Waals surface area contributed by atoms with Crippen molar-refractivity contribution >= 4 is 17.4 Å². The zero-order valence-electron chi connectivity index (χ0n) is 9.90. The molecule has 0 aliphatic carbocycles. The van der Waals surface area contributed by atoms with Gasteiger partial charge in [-0.3, -0.25) is 0 Å². The standard InChI is InChI=1S/C13H15ClN2O/c1-8(2)7-10-12(17-16-13(10)15)9-5-3-4-6-11(9)14/h3-6,8H,7H2,1-2H3,(H2,15,16). The van der Waals surface area contributed by atoms with Crippen LogP contribution >= 0.6 is 11.6 Å². The first-order chi connectivity index (χ1) is 8.09. The van der Waals surface area contributed by atoms with Crippen molar-refractivity contribution in [3.63, 3.8) is 0 Å². The van der Waals surface area contributed by atoms with Gasteiger partial charge in [0.2, 0.25) is 0 Å². The molecule has 0 fully saturated rings. The number of nitrogen functional groups attached to an aromatic ring is 1. The van der Waals surface area contributed by atoms with Gasteiger partial charge < -0.3 is 10.3 Å². The van der Waals surface area contributed by atoms with Crippen molar-refractivity contribution in [3.05, 3.63) is 34.9 Å². The molecule has 2 aromatic rings. The Labute approximate surface area is 106 Å². The van der Waals surface area contributed by atoms with E-state index in [9.17, 15) is 0 Å². The highest BCUT2D eigenvalue weighted by Gasteiger charge is 2.18. The monoisotopic (exact) mass is 250 g/mol. The fourth-order valence-corrected chi connectivity index (χ4v) is 2.01. The summed E-state index contributed by atoms with van der Waals surface area (Å²) in [5.41, 5.74) is 7.61. The molecule has 3 nitrogen and oxygen atoms in total. The van der Waals surface area contributed by atoms with Gasteiger partial charge in [-0.2, -0.15) is 0 Å². The highest BCUT2D eigenvalue weighted by atomic mass is 35.5. The van der Waals surface area contributed by atoms with Crippen LogP contribution in [0.15, 0.2) is 28.8 Å². The van der Waals surface area contributed by atoms with E-state index in [1.807, 2.05) is 24.3 Å². The fourth-order valence-electron chi connectivity index (χ4n) is 1.78. The van der Waals surface area contributed by atoms with Crippen LogP contribution in [-0.2, 0) is 6.42 Å².